The van der Waals surface area contributed by atoms with Crippen molar-refractivity contribution in [3.05, 3.63) is 29.8 Å². The third-order valence-electron chi connectivity index (χ3n) is 3.61. The third kappa shape index (κ3) is 6.15. The van der Waals surface area contributed by atoms with E-state index in [0.717, 1.165) is 24.9 Å². The quantitative estimate of drug-likeness (QED) is 0.424. The highest BCUT2D eigenvalue weighted by Gasteiger charge is 2.19. The molecule has 6 heteroatoms. The van der Waals surface area contributed by atoms with Gasteiger partial charge in [0, 0.05) is 13.6 Å². The summed E-state index contributed by atoms with van der Waals surface area (Å²) in [6.07, 6.45) is 4.00. The van der Waals surface area contributed by atoms with Crippen molar-refractivity contribution in [1.82, 2.24) is 4.90 Å². The lowest BCUT2D eigenvalue weighted by Gasteiger charge is -2.20. The number of primary sulfonamides is 1. The van der Waals surface area contributed by atoms with Crippen LogP contribution in [0.3, 0.4) is 0 Å². The molecule has 1 unspecified atom stereocenters. The number of nitrogens with two attached hydrogens (primary N) is 1. The Morgan fingerprint density at radius 1 is 1.32 bits per heavy atom. The lowest BCUT2D eigenvalue weighted by Crippen LogP contribution is -2.89. The average Bonchev–Trinajstić information content (AvgIpc) is 2.49. The number of unbranched alkanes of at least 4 members (excludes halogenated alkanes) is 1. The highest BCUT2D eigenvalue weighted by atomic mass is 32.2. The summed E-state index contributed by atoms with van der Waals surface area (Å²) < 4.78 is 25.9. The molecule has 1 rings (SSSR count). The number of benzene rings is 1. The van der Waals surface area contributed by atoms with E-state index in [0.29, 0.717) is 11.4 Å². The molecule has 1 aromatic rings. The first kappa shape index (κ1) is 18.6. The van der Waals surface area contributed by atoms with E-state index in [1.54, 1.807) is 18.5 Å². The van der Waals surface area contributed by atoms with Crippen LogP contribution in [0.25, 0.3) is 0 Å². The standard InChI is InChI=1S/C16H27N3O2S/c1-5-6-11-17-13-19(4)15(3)12-18-22(20,21)16-9-7-14(2)8-10-16/h7-10,13,15,18H,5-6,11-12H2,1-4H3/p+1. The van der Waals surface area contributed by atoms with Crippen molar-refractivity contribution in [2.24, 2.45) is 4.99 Å². The van der Waals surface area contributed by atoms with Crippen LogP contribution in [0.2, 0.25) is 0 Å². The zero-order chi connectivity index (χ0) is 16.6. The van der Waals surface area contributed by atoms with Crippen molar-refractivity contribution < 1.29 is 13.1 Å². The molecule has 5 nitrogen and oxygen atoms in total. The van der Waals surface area contributed by atoms with Crippen molar-refractivity contribution in [1.29, 1.82) is 0 Å². The molecule has 2 N–H and O–H groups in total. The minimum absolute atomic E-state index is 0.0885. The largest absolute Gasteiger partial charge is 0.358 e. The highest BCUT2D eigenvalue weighted by Crippen LogP contribution is 2.06. The summed E-state index contributed by atoms with van der Waals surface area (Å²) in [5.74, 6) is 0. The fourth-order valence-electron chi connectivity index (χ4n) is 1.81. The monoisotopic (exact) mass is 326 g/mol. The minimum atomic E-state index is -3.33. The maximum absolute atomic E-state index is 12.3. The molecule has 0 heterocycles. The van der Waals surface area contributed by atoms with E-state index in [9.17, 15) is 8.42 Å². The minimum Gasteiger partial charge on any atom is -0.358 e. The summed E-state index contributed by atoms with van der Waals surface area (Å²) in [5.41, 5.74) is 1.05. The molecule has 22 heavy (non-hydrogen) atoms. The summed E-state index contributed by atoms with van der Waals surface area (Å²) >= 11 is 0. The van der Waals surface area contributed by atoms with Gasteiger partial charge < -0.3 is 4.90 Å². The van der Waals surface area contributed by atoms with Crippen molar-refractivity contribution in [2.45, 2.75) is 44.6 Å². The van der Waals surface area contributed by atoms with Gasteiger partial charge in [0.25, 0.3) is 0 Å². The number of sulfonamides is 1. The summed E-state index contributed by atoms with van der Waals surface area (Å²) in [4.78, 5) is 6.64. The average molecular weight is 326 g/mol. The summed E-state index contributed by atoms with van der Waals surface area (Å²) in [5, 5.41) is 0. The predicted octanol–water partition coefficient (Wildman–Crippen LogP) is 1.40. The van der Waals surface area contributed by atoms with E-state index in [-0.39, 0.29) is 6.04 Å². The Kier molecular flexibility index (Phi) is 7.55. The number of nitrogens with zero attached hydrogens (tertiary/aromatic N) is 2. The van der Waals surface area contributed by atoms with Crippen LogP contribution >= 0.6 is 0 Å². The van der Waals surface area contributed by atoms with Gasteiger partial charge in [0.05, 0.1) is 12.4 Å². The molecule has 0 amide bonds. The fourth-order valence-corrected chi connectivity index (χ4v) is 3.05. The molecule has 0 radical (unpaired) electrons. The van der Waals surface area contributed by atoms with Gasteiger partial charge in [-0.05, 0) is 32.4 Å². The lowest BCUT2D eigenvalue weighted by atomic mass is 10.2. The van der Waals surface area contributed by atoms with E-state index in [1.165, 1.54) is 4.72 Å². The second-order valence-corrected chi connectivity index (χ2v) is 7.54. The zero-order valence-electron chi connectivity index (χ0n) is 14.0. The van der Waals surface area contributed by atoms with Crippen LogP contribution in [0.5, 0.6) is 0 Å². The molecule has 0 aliphatic carbocycles. The number of quaternary nitrogens is 1. The van der Waals surface area contributed by atoms with Gasteiger partial charge in [-0.1, -0.05) is 31.0 Å². The van der Waals surface area contributed by atoms with E-state index in [1.807, 2.05) is 37.9 Å². The molecular formula is C16H28N3O2S+. The first-order chi connectivity index (χ1) is 10.4. The fraction of sp³-hybridized carbons (Fsp3) is 0.562. The van der Waals surface area contributed by atoms with Gasteiger partial charge in [0.2, 0.25) is 0 Å². The maximum atomic E-state index is 12.3. The summed E-state index contributed by atoms with van der Waals surface area (Å²) in [6.45, 7) is 7.35. The van der Waals surface area contributed by atoms with E-state index in [4.69, 9.17) is 0 Å². The van der Waals surface area contributed by atoms with E-state index < -0.39 is 10.0 Å². The van der Waals surface area contributed by atoms with Gasteiger partial charge in [-0.2, -0.15) is 8.42 Å². The van der Waals surface area contributed by atoms with Crippen LogP contribution in [0.15, 0.2) is 34.2 Å². The predicted molar refractivity (Wildman–Crippen MR) is 90.6 cm³/mol. The van der Waals surface area contributed by atoms with Crippen LogP contribution < -0.4 is 4.72 Å². The van der Waals surface area contributed by atoms with Crippen molar-refractivity contribution in [3.8, 4) is 0 Å². The Balaban J connectivity index is 2.53. The van der Waals surface area contributed by atoms with E-state index >= 15 is 0 Å². The molecule has 0 fully saturated rings. The molecule has 0 saturated carbocycles. The van der Waals surface area contributed by atoms with Crippen LogP contribution in [0.4, 0.5) is 0 Å². The van der Waals surface area contributed by atoms with E-state index in [2.05, 4.69) is 11.9 Å². The second kappa shape index (κ2) is 8.90. The smallest absolute Gasteiger partial charge is 0.324 e. The number of hydrogen-bond acceptors (Lipinski definition) is 3. The number of likely N-dealkylation sites (N-methyl/N-ethyl adjacent to an activating group) is 1. The van der Waals surface area contributed by atoms with Crippen LogP contribution in [-0.4, -0.2) is 45.8 Å². The SMILES string of the molecule is CCCCN=CN(C)C(C)C[NH2+]S(=O)(=O)c1ccc(C)cc1. The van der Waals surface area contributed by atoms with Gasteiger partial charge in [0.15, 0.2) is 0 Å². The third-order valence-corrected chi connectivity index (χ3v) is 5.17. The molecule has 0 spiro atoms. The van der Waals surface area contributed by atoms with Crippen molar-refractivity contribution >= 4 is 16.4 Å². The summed E-state index contributed by atoms with van der Waals surface area (Å²) in [6, 6.07) is 7.03. The van der Waals surface area contributed by atoms with Gasteiger partial charge in [-0.15, -0.1) is 0 Å². The Labute approximate surface area is 134 Å². The first-order valence-electron chi connectivity index (χ1n) is 7.73. The molecule has 0 aromatic heterocycles. The molecule has 0 aliphatic heterocycles. The Morgan fingerprint density at radius 3 is 2.55 bits per heavy atom. The Bertz CT molecular complexity index is 568. The Morgan fingerprint density at radius 2 is 1.95 bits per heavy atom. The molecule has 0 saturated heterocycles. The normalized spacial score (nSPS) is 13.5. The molecule has 1 atom stereocenters. The highest BCUT2D eigenvalue weighted by molar-refractivity contribution is 7.84. The number of hydrogen-bond donors (Lipinski definition) is 1. The van der Waals surface area contributed by atoms with Crippen LogP contribution in [0, 0.1) is 6.92 Å². The molecule has 0 bridgehead atoms. The van der Waals surface area contributed by atoms with Gasteiger partial charge >= 0.3 is 10.0 Å². The van der Waals surface area contributed by atoms with Gasteiger partial charge in [0.1, 0.15) is 11.4 Å². The van der Waals surface area contributed by atoms with Gasteiger partial charge in [-0.25, -0.2) is 4.72 Å². The van der Waals surface area contributed by atoms with Crippen molar-refractivity contribution in [2.75, 3.05) is 20.1 Å². The zero-order valence-corrected chi connectivity index (χ0v) is 14.8. The molecule has 124 valence electrons. The van der Waals surface area contributed by atoms with Crippen LogP contribution in [0.1, 0.15) is 32.3 Å². The first-order valence-corrected chi connectivity index (χ1v) is 9.28. The van der Waals surface area contributed by atoms with Crippen LogP contribution in [-0.2, 0) is 10.0 Å². The number of aliphatic imine (C=N–C) groups is 1. The topological polar surface area (TPSA) is 66.3 Å². The summed E-state index contributed by atoms with van der Waals surface area (Å²) in [7, 11) is -1.41. The van der Waals surface area contributed by atoms with Crippen molar-refractivity contribution in [3.63, 3.8) is 0 Å². The Hall–Kier alpha value is -1.40. The van der Waals surface area contributed by atoms with Gasteiger partial charge in [-0.3, -0.25) is 4.99 Å². The maximum Gasteiger partial charge on any atom is 0.324 e. The lowest BCUT2D eigenvalue weighted by molar-refractivity contribution is -0.501. The number of rotatable bonds is 9. The molecule has 0 aliphatic rings. The molecular weight excluding hydrogens is 298 g/mol. The number of aryl methyl sites for hydroxylation is 1. The molecule has 1 aromatic carbocycles. The second-order valence-electron chi connectivity index (χ2n) is 5.65.